The molecule has 2 aromatic carbocycles. The number of rotatable bonds is 4. The minimum Gasteiger partial charge on any atom is -0.326 e. The van der Waals surface area contributed by atoms with Gasteiger partial charge in [0.25, 0.3) is 0 Å². The molecule has 1 heterocycles. The number of hydrogen-bond acceptors (Lipinski definition) is 3. The molecule has 1 saturated heterocycles. The second kappa shape index (κ2) is 7.92. The first-order chi connectivity index (χ1) is 12.8. The number of halogens is 3. The van der Waals surface area contributed by atoms with Crippen LogP contribution in [-0.2, 0) is 14.8 Å². The van der Waals surface area contributed by atoms with E-state index in [4.69, 9.17) is 11.6 Å². The monoisotopic (exact) mass is 414 g/mol. The molecular formula is C18H17ClF2N2O3S. The van der Waals surface area contributed by atoms with Gasteiger partial charge < -0.3 is 5.32 Å². The zero-order chi connectivity index (χ0) is 19.6. The third kappa shape index (κ3) is 4.45. The Bertz CT molecular complexity index is 944. The summed E-state index contributed by atoms with van der Waals surface area (Å²) in [4.78, 5) is 12.5. The molecular weight excluding hydrogens is 398 g/mol. The molecule has 0 saturated carbocycles. The third-order valence-corrected chi connectivity index (χ3v) is 6.63. The lowest BCUT2D eigenvalue weighted by atomic mass is 9.97. The largest absolute Gasteiger partial charge is 0.326 e. The van der Waals surface area contributed by atoms with Crippen LogP contribution >= 0.6 is 11.6 Å². The number of sulfonamides is 1. The number of nitrogens with zero attached hydrogens (tertiary/aromatic N) is 1. The van der Waals surface area contributed by atoms with Gasteiger partial charge in [-0.2, -0.15) is 4.31 Å². The van der Waals surface area contributed by atoms with E-state index in [-0.39, 0.29) is 29.6 Å². The molecule has 1 fully saturated rings. The summed E-state index contributed by atoms with van der Waals surface area (Å²) >= 11 is 5.79. The summed E-state index contributed by atoms with van der Waals surface area (Å²) in [6, 6.07) is 9.03. The number of benzene rings is 2. The molecule has 1 aliphatic rings. The molecule has 5 nitrogen and oxygen atoms in total. The van der Waals surface area contributed by atoms with E-state index in [2.05, 4.69) is 5.32 Å². The number of carbonyl (C=O) groups is 1. The molecule has 0 aliphatic carbocycles. The van der Waals surface area contributed by atoms with E-state index in [1.165, 1.54) is 34.6 Å². The van der Waals surface area contributed by atoms with Crippen LogP contribution in [-0.4, -0.2) is 31.7 Å². The zero-order valence-corrected chi connectivity index (χ0v) is 15.7. The van der Waals surface area contributed by atoms with E-state index in [0.717, 1.165) is 12.1 Å². The smallest absolute Gasteiger partial charge is 0.243 e. The van der Waals surface area contributed by atoms with Crippen LogP contribution in [0.5, 0.6) is 0 Å². The number of hydrogen-bond donors (Lipinski definition) is 1. The van der Waals surface area contributed by atoms with E-state index >= 15 is 0 Å². The van der Waals surface area contributed by atoms with Crippen LogP contribution in [0.2, 0.25) is 5.02 Å². The highest BCUT2D eigenvalue weighted by molar-refractivity contribution is 7.89. The van der Waals surface area contributed by atoms with Crippen molar-refractivity contribution in [2.75, 3.05) is 18.4 Å². The lowest BCUT2D eigenvalue weighted by Crippen LogP contribution is -2.41. The van der Waals surface area contributed by atoms with Crippen molar-refractivity contribution >= 4 is 33.2 Å². The van der Waals surface area contributed by atoms with Crippen molar-refractivity contribution in [1.82, 2.24) is 4.31 Å². The average molecular weight is 415 g/mol. The number of amides is 1. The van der Waals surface area contributed by atoms with Gasteiger partial charge in [0.2, 0.25) is 15.9 Å². The molecule has 0 atom stereocenters. The van der Waals surface area contributed by atoms with Crippen LogP contribution in [0.4, 0.5) is 14.5 Å². The summed E-state index contributed by atoms with van der Waals surface area (Å²) < 4.78 is 52.8. The molecule has 0 radical (unpaired) electrons. The van der Waals surface area contributed by atoms with Crippen LogP contribution in [0.15, 0.2) is 47.4 Å². The van der Waals surface area contributed by atoms with Crippen molar-refractivity contribution in [1.29, 1.82) is 0 Å². The van der Waals surface area contributed by atoms with E-state index in [0.29, 0.717) is 17.9 Å². The lowest BCUT2D eigenvalue weighted by molar-refractivity contribution is -0.120. The van der Waals surface area contributed by atoms with E-state index in [1.807, 2.05) is 0 Å². The predicted octanol–water partition coefficient (Wildman–Crippen LogP) is 3.66. The molecule has 144 valence electrons. The second-order valence-corrected chi connectivity index (χ2v) is 8.62. The molecule has 0 bridgehead atoms. The maximum absolute atomic E-state index is 13.2. The van der Waals surface area contributed by atoms with Crippen LogP contribution in [0.1, 0.15) is 12.8 Å². The van der Waals surface area contributed by atoms with Crippen molar-refractivity contribution in [3.63, 3.8) is 0 Å². The normalized spacial score (nSPS) is 16.3. The quantitative estimate of drug-likeness (QED) is 0.830. The number of piperidine rings is 1. The molecule has 0 unspecified atom stereocenters. The summed E-state index contributed by atoms with van der Waals surface area (Å²) in [6.07, 6.45) is 0.671. The topological polar surface area (TPSA) is 66.5 Å². The average Bonchev–Trinajstić information content (AvgIpc) is 2.65. The van der Waals surface area contributed by atoms with Crippen LogP contribution in [0.3, 0.4) is 0 Å². The lowest BCUT2D eigenvalue weighted by Gasteiger charge is -2.30. The van der Waals surface area contributed by atoms with Gasteiger partial charge in [0, 0.05) is 35.8 Å². The summed E-state index contributed by atoms with van der Waals surface area (Å²) in [7, 11) is -3.65. The Kier molecular flexibility index (Phi) is 5.78. The fourth-order valence-corrected chi connectivity index (χ4v) is 4.53. The first-order valence-electron chi connectivity index (χ1n) is 8.29. The molecule has 1 N–H and O–H groups in total. The number of nitrogens with one attached hydrogen (secondary N) is 1. The molecule has 1 amide bonds. The van der Waals surface area contributed by atoms with Crippen LogP contribution in [0.25, 0.3) is 0 Å². The Morgan fingerprint density at radius 3 is 2.26 bits per heavy atom. The Morgan fingerprint density at radius 1 is 1.04 bits per heavy atom. The maximum Gasteiger partial charge on any atom is 0.243 e. The minimum absolute atomic E-state index is 0.150. The van der Waals surface area contributed by atoms with Crippen molar-refractivity contribution in [2.24, 2.45) is 5.92 Å². The van der Waals surface area contributed by atoms with Crippen molar-refractivity contribution < 1.29 is 22.0 Å². The van der Waals surface area contributed by atoms with Gasteiger partial charge in [-0.3, -0.25) is 4.79 Å². The van der Waals surface area contributed by atoms with Crippen molar-refractivity contribution in [3.05, 3.63) is 59.1 Å². The molecule has 27 heavy (non-hydrogen) atoms. The summed E-state index contributed by atoms with van der Waals surface area (Å²) in [5.41, 5.74) is 0.162. The summed E-state index contributed by atoms with van der Waals surface area (Å²) in [5.74, 6) is -2.79. The van der Waals surface area contributed by atoms with Gasteiger partial charge >= 0.3 is 0 Å². The van der Waals surface area contributed by atoms with Gasteiger partial charge in [-0.25, -0.2) is 17.2 Å². The number of anilines is 1. The first kappa shape index (κ1) is 19.7. The predicted molar refractivity (Wildman–Crippen MR) is 97.9 cm³/mol. The highest BCUT2D eigenvalue weighted by Crippen LogP contribution is 2.26. The molecule has 0 spiro atoms. The molecule has 0 aromatic heterocycles. The van der Waals surface area contributed by atoms with Gasteiger partial charge in [0.15, 0.2) is 11.6 Å². The van der Waals surface area contributed by atoms with Crippen LogP contribution < -0.4 is 5.32 Å². The highest BCUT2D eigenvalue weighted by atomic mass is 35.5. The first-order valence-corrected chi connectivity index (χ1v) is 10.1. The Labute approximate surface area is 161 Å². The van der Waals surface area contributed by atoms with Crippen LogP contribution in [0, 0.1) is 17.6 Å². The Morgan fingerprint density at radius 2 is 1.67 bits per heavy atom. The second-order valence-electron chi connectivity index (χ2n) is 6.25. The molecule has 3 rings (SSSR count). The number of carbonyl (C=O) groups excluding carboxylic acids is 1. The summed E-state index contributed by atoms with van der Waals surface area (Å²) in [6.45, 7) is 0.391. The van der Waals surface area contributed by atoms with Gasteiger partial charge in [-0.05, 0) is 49.2 Å². The fraction of sp³-hybridized carbons (Fsp3) is 0.278. The molecule has 9 heteroatoms. The maximum atomic E-state index is 13.2. The summed E-state index contributed by atoms with van der Waals surface area (Å²) in [5, 5.41) is 2.99. The van der Waals surface area contributed by atoms with Crippen molar-refractivity contribution in [2.45, 2.75) is 17.7 Å². The van der Waals surface area contributed by atoms with E-state index in [1.54, 1.807) is 0 Å². The standard InChI is InChI=1S/C18H17ClF2N2O3S/c19-13-1-4-15(5-2-13)27(25,26)23-9-7-12(8-10-23)18(24)22-14-3-6-16(20)17(21)11-14/h1-6,11-12H,7-10H2,(H,22,24). The van der Waals surface area contributed by atoms with Crippen molar-refractivity contribution in [3.8, 4) is 0 Å². The molecule has 2 aromatic rings. The Hall–Kier alpha value is -2.03. The SMILES string of the molecule is O=C(Nc1ccc(F)c(F)c1)C1CCN(S(=O)(=O)c2ccc(Cl)cc2)CC1. The van der Waals surface area contributed by atoms with E-state index in [9.17, 15) is 22.0 Å². The Balaban J connectivity index is 1.61. The van der Waals surface area contributed by atoms with Gasteiger partial charge in [0.05, 0.1) is 4.90 Å². The van der Waals surface area contributed by atoms with Gasteiger partial charge in [-0.1, -0.05) is 11.6 Å². The fourth-order valence-electron chi connectivity index (χ4n) is 2.93. The highest BCUT2D eigenvalue weighted by Gasteiger charge is 2.32. The van der Waals surface area contributed by atoms with Gasteiger partial charge in [0.1, 0.15) is 0 Å². The molecule has 1 aliphatic heterocycles. The van der Waals surface area contributed by atoms with E-state index < -0.39 is 27.6 Å². The zero-order valence-electron chi connectivity index (χ0n) is 14.2. The third-order valence-electron chi connectivity index (χ3n) is 4.46. The minimum atomic E-state index is -3.65. The van der Waals surface area contributed by atoms with Gasteiger partial charge in [-0.15, -0.1) is 0 Å².